The zero-order valence-corrected chi connectivity index (χ0v) is 13.0. The van der Waals surface area contributed by atoms with Crippen LogP contribution in [0.4, 0.5) is 4.39 Å². The molecule has 2 fully saturated rings. The summed E-state index contributed by atoms with van der Waals surface area (Å²) in [5.41, 5.74) is 0.862. The molecule has 0 radical (unpaired) electrons. The fraction of sp³-hybridized carbons (Fsp3) is 0.588. The number of carbonyl (C=O) groups excluding carboxylic acids is 1. The first-order valence-corrected chi connectivity index (χ1v) is 7.93. The highest BCUT2D eigenvalue weighted by atomic mass is 19.1. The molecule has 0 saturated carbocycles. The molecule has 0 aromatic heterocycles. The van der Waals surface area contributed by atoms with Crippen LogP contribution in [-0.4, -0.2) is 61.6 Å². The summed E-state index contributed by atoms with van der Waals surface area (Å²) < 4.78 is 18.7. The van der Waals surface area contributed by atoms with E-state index in [4.69, 9.17) is 4.74 Å². The Kier molecular flexibility index (Phi) is 4.74. The van der Waals surface area contributed by atoms with Crippen molar-refractivity contribution in [2.45, 2.75) is 18.9 Å². The van der Waals surface area contributed by atoms with Gasteiger partial charge in [0.25, 0.3) is 0 Å². The number of carbonyl (C=O) groups is 1. The molecule has 22 heavy (non-hydrogen) atoms. The zero-order valence-electron chi connectivity index (χ0n) is 13.0. The molecule has 5 heteroatoms. The predicted octanol–water partition coefficient (Wildman–Crippen LogP) is 1.55. The summed E-state index contributed by atoms with van der Waals surface area (Å²) >= 11 is 0. The number of ether oxygens (including phenoxy) is 1. The maximum atomic E-state index is 13.0. The predicted molar refractivity (Wildman–Crippen MR) is 82.0 cm³/mol. The molecule has 2 atom stereocenters. The number of rotatable bonds is 2. The second kappa shape index (κ2) is 6.75. The first-order chi connectivity index (χ1) is 10.6. The first-order valence-electron chi connectivity index (χ1n) is 7.93. The van der Waals surface area contributed by atoms with Gasteiger partial charge in [-0.25, -0.2) is 4.39 Å². The van der Waals surface area contributed by atoms with Gasteiger partial charge in [-0.15, -0.1) is 0 Å². The fourth-order valence-corrected chi connectivity index (χ4v) is 3.53. The van der Waals surface area contributed by atoms with E-state index in [1.165, 1.54) is 12.1 Å². The lowest BCUT2D eigenvalue weighted by Crippen LogP contribution is -2.52. The summed E-state index contributed by atoms with van der Waals surface area (Å²) in [5, 5.41) is 0. The number of fused-ring (bicyclic) bond motifs is 1. The Bertz CT molecular complexity index is 520. The minimum Gasteiger partial charge on any atom is -0.379 e. The summed E-state index contributed by atoms with van der Waals surface area (Å²) in [4.78, 5) is 17.0. The molecule has 2 aliphatic heterocycles. The van der Waals surface area contributed by atoms with Crippen molar-refractivity contribution < 1.29 is 13.9 Å². The maximum Gasteiger partial charge on any atom is 0.227 e. The van der Waals surface area contributed by atoms with Crippen molar-refractivity contribution in [3.8, 4) is 0 Å². The van der Waals surface area contributed by atoms with Crippen LogP contribution in [0.5, 0.6) is 0 Å². The average molecular weight is 306 g/mol. The Balaban J connectivity index is 1.70. The first kappa shape index (κ1) is 15.4. The van der Waals surface area contributed by atoms with E-state index < -0.39 is 0 Å². The SMILES string of the molecule is CN1CC[C@@H]2[C@@H](COCCN2C(=O)Cc2ccc(F)cc2)C1. The highest BCUT2D eigenvalue weighted by Crippen LogP contribution is 2.25. The van der Waals surface area contributed by atoms with Gasteiger partial charge in [-0.05, 0) is 37.7 Å². The van der Waals surface area contributed by atoms with E-state index in [-0.39, 0.29) is 17.8 Å². The monoisotopic (exact) mass is 306 g/mol. The third kappa shape index (κ3) is 3.47. The van der Waals surface area contributed by atoms with Crippen LogP contribution in [-0.2, 0) is 16.0 Å². The van der Waals surface area contributed by atoms with E-state index in [0.717, 1.165) is 31.7 Å². The lowest BCUT2D eigenvalue weighted by molar-refractivity contribution is -0.134. The van der Waals surface area contributed by atoms with Crippen molar-refractivity contribution in [3.63, 3.8) is 0 Å². The summed E-state index contributed by atoms with van der Waals surface area (Å²) in [6.45, 7) is 3.98. The molecule has 2 heterocycles. The van der Waals surface area contributed by atoms with E-state index in [0.29, 0.717) is 25.5 Å². The molecule has 0 bridgehead atoms. The Morgan fingerprint density at radius 3 is 2.86 bits per heavy atom. The number of hydrogen-bond acceptors (Lipinski definition) is 3. The minimum absolute atomic E-state index is 0.122. The third-order valence-corrected chi connectivity index (χ3v) is 4.69. The van der Waals surface area contributed by atoms with E-state index in [2.05, 4.69) is 11.9 Å². The van der Waals surface area contributed by atoms with Gasteiger partial charge < -0.3 is 14.5 Å². The molecule has 0 N–H and O–H groups in total. The zero-order chi connectivity index (χ0) is 15.5. The highest BCUT2D eigenvalue weighted by Gasteiger charge is 2.36. The van der Waals surface area contributed by atoms with Crippen molar-refractivity contribution in [1.29, 1.82) is 0 Å². The second-order valence-electron chi connectivity index (χ2n) is 6.34. The molecule has 1 amide bonds. The van der Waals surface area contributed by atoms with Gasteiger partial charge in [-0.1, -0.05) is 12.1 Å². The van der Waals surface area contributed by atoms with Crippen LogP contribution >= 0.6 is 0 Å². The van der Waals surface area contributed by atoms with Crippen LogP contribution < -0.4 is 0 Å². The van der Waals surface area contributed by atoms with Crippen LogP contribution in [0.3, 0.4) is 0 Å². The van der Waals surface area contributed by atoms with Crippen LogP contribution in [0.2, 0.25) is 0 Å². The molecular formula is C17H23FN2O2. The van der Waals surface area contributed by atoms with Gasteiger partial charge >= 0.3 is 0 Å². The molecule has 120 valence electrons. The summed E-state index contributed by atoms with van der Waals surface area (Å²) in [7, 11) is 2.12. The number of amides is 1. The molecule has 4 nitrogen and oxygen atoms in total. The smallest absolute Gasteiger partial charge is 0.227 e. The standard InChI is InChI=1S/C17H23FN2O2/c1-19-7-6-16-14(11-19)12-22-9-8-20(16)17(21)10-13-2-4-15(18)5-3-13/h2-5,14,16H,6-12H2,1H3/t14-,16-/m1/s1. The van der Waals surface area contributed by atoms with Gasteiger partial charge in [0.05, 0.1) is 19.6 Å². The van der Waals surface area contributed by atoms with Gasteiger partial charge in [-0.3, -0.25) is 4.79 Å². The van der Waals surface area contributed by atoms with Crippen molar-refractivity contribution in [1.82, 2.24) is 9.80 Å². The van der Waals surface area contributed by atoms with Crippen LogP contribution in [0.1, 0.15) is 12.0 Å². The number of nitrogens with zero attached hydrogens (tertiary/aromatic N) is 2. The Hall–Kier alpha value is -1.46. The molecule has 0 spiro atoms. The maximum absolute atomic E-state index is 13.0. The van der Waals surface area contributed by atoms with Crippen LogP contribution in [0.25, 0.3) is 0 Å². The Morgan fingerprint density at radius 2 is 2.09 bits per heavy atom. The molecule has 2 aliphatic rings. The number of piperidine rings is 1. The topological polar surface area (TPSA) is 32.8 Å². The largest absolute Gasteiger partial charge is 0.379 e. The van der Waals surface area contributed by atoms with Crippen molar-refractivity contribution in [3.05, 3.63) is 35.6 Å². The number of benzene rings is 1. The summed E-state index contributed by atoms with van der Waals surface area (Å²) in [6, 6.07) is 6.46. The minimum atomic E-state index is -0.269. The summed E-state index contributed by atoms with van der Waals surface area (Å²) in [5.74, 6) is 0.241. The van der Waals surface area contributed by atoms with Crippen molar-refractivity contribution in [2.75, 3.05) is 39.9 Å². The van der Waals surface area contributed by atoms with Gasteiger partial charge in [-0.2, -0.15) is 0 Å². The lowest BCUT2D eigenvalue weighted by atomic mass is 9.91. The lowest BCUT2D eigenvalue weighted by Gasteiger charge is -2.41. The Morgan fingerprint density at radius 1 is 1.32 bits per heavy atom. The van der Waals surface area contributed by atoms with Gasteiger partial charge in [0.1, 0.15) is 5.82 Å². The molecule has 1 aromatic carbocycles. The number of halogens is 1. The second-order valence-corrected chi connectivity index (χ2v) is 6.34. The molecule has 0 aliphatic carbocycles. The molecule has 3 rings (SSSR count). The van der Waals surface area contributed by atoms with Crippen molar-refractivity contribution >= 4 is 5.91 Å². The van der Waals surface area contributed by atoms with E-state index in [9.17, 15) is 9.18 Å². The highest BCUT2D eigenvalue weighted by molar-refractivity contribution is 5.79. The quantitative estimate of drug-likeness (QED) is 0.831. The van der Waals surface area contributed by atoms with Crippen molar-refractivity contribution in [2.24, 2.45) is 5.92 Å². The van der Waals surface area contributed by atoms with Gasteiger partial charge in [0.15, 0.2) is 0 Å². The van der Waals surface area contributed by atoms with E-state index >= 15 is 0 Å². The Labute approximate surface area is 130 Å². The van der Waals surface area contributed by atoms with Gasteiger partial charge in [0, 0.05) is 25.0 Å². The molecular weight excluding hydrogens is 283 g/mol. The van der Waals surface area contributed by atoms with E-state index in [1.54, 1.807) is 12.1 Å². The van der Waals surface area contributed by atoms with E-state index in [1.807, 2.05) is 4.90 Å². The molecule has 2 saturated heterocycles. The number of hydrogen-bond donors (Lipinski definition) is 0. The van der Waals surface area contributed by atoms with Crippen LogP contribution in [0.15, 0.2) is 24.3 Å². The number of likely N-dealkylation sites (tertiary alicyclic amines) is 1. The summed E-state index contributed by atoms with van der Waals surface area (Å²) in [6.07, 6.45) is 1.33. The van der Waals surface area contributed by atoms with Crippen LogP contribution in [0, 0.1) is 11.7 Å². The average Bonchev–Trinajstić information content (AvgIpc) is 2.71. The third-order valence-electron chi connectivity index (χ3n) is 4.69. The normalized spacial score (nSPS) is 26.4. The fourth-order valence-electron chi connectivity index (χ4n) is 3.53. The molecule has 1 aromatic rings. The van der Waals surface area contributed by atoms with Gasteiger partial charge in [0.2, 0.25) is 5.91 Å². The molecule has 0 unspecified atom stereocenters.